The zero-order valence-electron chi connectivity index (χ0n) is 8.62. The van der Waals surface area contributed by atoms with Crippen molar-refractivity contribution in [1.82, 2.24) is 5.32 Å². The van der Waals surface area contributed by atoms with Crippen LogP contribution in [0.3, 0.4) is 0 Å². The molecule has 0 saturated carbocycles. The molecular weight excluding hydrogens is 206 g/mol. The zero-order chi connectivity index (χ0) is 10.7. The smallest absolute Gasteiger partial charge is 0.216 e. The minimum atomic E-state index is 0.0366. The number of benzene rings is 1. The second kappa shape index (κ2) is 4.45. The molecule has 78 valence electrons. The van der Waals surface area contributed by atoms with Crippen LogP contribution in [-0.2, 0) is 11.2 Å². The third-order valence-electron chi connectivity index (χ3n) is 2.33. The standard InChI is InChI=1S/C12H13NOS/c1-9(14)13-7-6-10-8-15-12-5-3-2-4-11(10)12/h2-5,8H,6-7H2,1H3,(H,13,14). The molecule has 0 atom stereocenters. The van der Waals surface area contributed by atoms with Crippen LogP contribution in [0, 0.1) is 0 Å². The van der Waals surface area contributed by atoms with Crippen LogP contribution in [0.2, 0.25) is 0 Å². The van der Waals surface area contributed by atoms with Crippen LogP contribution in [-0.4, -0.2) is 12.5 Å². The summed E-state index contributed by atoms with van der Waals surface area (Å²) < 4.78 is 1.32. The van der Waals surface area contributed by atoms with E-state index in [0.29, 0.717) is 0 Å². The third-order valence-corrected chi connectivity index (χ3v) is 3.34. The van der Waals surface area contributed by atoms with Crippen molar-refractivity contribution >= 4 is 27.3 Å². The van der Waals surface area contributed by atoms with Gasteiger partial charge >= 0.3 is 0 Å². The summed E-state index contributed by atoms with van der Waals surface area (Å²) in [7, 11) is 0. The van der Waals surface area contributed by atoms with Crippen molar-refractivity contribution in [2.45, 2.75) is 13.3 Å². The van der Waals surface area contributed by atoms with Gasteiger partial charge in [-0.25, -0.2) is 0 Å². The molecule has 1 heterocycles. The molecule has 2 rings (SSSR count). The number of rotatable bonds is 3. The maximum atomic E-state index is 10.7. The van der Waals surface area contributed by atoms with Gasteiger partial charge in [-0.2, -0.15) is 0 Å². The number of carbonyl (C=O) groups excluding carboxylic acids is 1. The Morgan fingerprint density at radius 1 is 1.40 bits per heavy atom. The van der Waals surface area contributed by atoms with Gasteiger partial charge in [0.1, 0.15) is 0 Å². The largest absolute Gasteiger partial charge is 0.356 e. The van der Waals surface area contributed by atoms with E-state index in [-0.39, 0.29) is 5.91 Å². The van der Waals surface area contributed by atoms with Crippen molar-refractivity contribution in [3.63, 3.8) is 0 Å². The summed E-state index contributed by atoms with van der Waals surface area (Å²) in [5, 5.41) is 6.30. The molecule has 0 aliphatic heterocycles. The van der Waals surface area contributed by atoms with Crippen LogP contribution in [0.5, 0.6) is 0 Å². The molecule has 0 saturated heterocycles. The summed E-state index contributed by atoms with van der Waals surface area (Å²) >= 11 is 1.76. The van der Waals surface area contributed by atoms with Gasteiger partial charge in [-0.3, -0.25) is 4.79 Å². The van der Waals surface area contributed by atoms with Gasteiger partial charge in [0.2, 0.25) is 5.91 Å². The summed E-state index contributed by atoms with van der Waals surface area (Å²) in [4.78, 5) is 10.7. The molecule has 1 aromatic carbocycles. The van der Waals surface area contributed by atoms with E-state index in [4.69, 9.17) is 0 Å². The second-order valence-corrected chi connectivity index (χ2v) is 4.40. The minimum absolute atomic E-state index is 0.0366. The van der Waals surface area contributed by atoms with Crippen LogP contribution in [0.4, 0.5) is 0 Å². The first-order valence-electron chi connectivity index (χ1n) is 4.97. The highest BCUT2D eigenvalue weighted by molar-refractivity contribution is 7.17. The molecule has 0 aliphatic rings. The lowest BCUT2D eigenvalue weighted by molar-refractivity contribution is -0.118. The predicted octanol–water partition coefficient (Wildman–Crippen LogP) is 2.58. The first-order valence-corrected chi connectivity index (χ1v) is 5.85. The first-order chi connectivity index (χ1) is 7.27. The van der Waals surface area contributed by atoms with E-state index in [1.165, 1.54) is 15.6 Å². The van der Waals surface area contributed by atoms with Crippen molar-refractivity contribution in [3.05, 3.63) is 35.2 Å². The first kappa shape index (κ1) is 10.2. The van der Waals surface area contributed by atoms with Gasteiger partial charge in [-0.1, -0.05) is 18.2 Å². The molecule has 15 heavy (non-hydrogen) atoms. The molecule has 0 bridgehead atoms. The summed E-state index contributed by atoms with van der Waals surface area (Å²) in [6.45, 7) is 2.27. The van der Waals surface area contributed by atoms with Crippen LogP contribution in [0.25, 0.3) is 10.1 Å². The van der Waals surface area contributed by atoms with Gasteiger partial charge in [0.15, 0.2) is 0 Å². The maximum absolute atomic E-state index is 10.7. The Balaban J connectivity index is 2.11. The lowest BCUT2D eigenvalue weighted by Gasteiger charge is -2.00. The number of nitrogens with one attached hydrogen (secondary N) is 1. The number of amides is 1. The molecule has 1 N–H and O–H groups in total. The lowest BCUT2D eigenvalue weighted by atomic mass is 10.1. The SMILES string of the molecule is CC(=O)NCCc1csc2ccccc12. The summed E-state index contributed by atoms with van der Waals surface area (Å²) in [6, 6.07) is 8.37. The van der Waals surface area contributed by atoms with Gasteiger partial charge in [0, 0.05) is 18.2 Å². The fourth-order valence-electron chi connectivity index (χ4n) is 1.60. The topological polar surface area (TPSA) is 29.1 Å². The highest BCUT2D eigenvalue weighted by Crippen LogP contribution is 2.25. The Morgan fingerprint density at radius 3 is 3.00 bits per heavy atom. The Kier molecular flexibility index (Phi) is 3.02. The third kappa shape index (κ3) is 2.36. The molecule has 0 fully saturated rings. The quantitative estimate of drug-likeness (QED) is 0.844. The minimum Gasteiger partial charge on any atom is -0.356 e. The monoisotopic (exact) mass is 219 g/mol. The van der Waals surface area contributed by atoms with Crippen molar-refractivity contribution < 1.29 is 4.79 Å². The molecule has 2 aromatic rings. The second-order valence-electron chi connectivity index (χ2n) is 3.49. The van der Waals surface area contributed by atoms with Crippen molar-refractivity contribution in [2.75, 3.05) is 6.54 Å². The van der Waals surface area contributed by atoms with E-state index in [1.807, 2.05) is 0 Å². The van der Waals surface area contributed by atoms with Crippen LogP contribution in [0.15, 0.2) is 29.6 Å². The summed E-state index contributed by atoms with van der Waals surface area (Å²) in [5.41, 5.74) is 1.32. The average molecular weight is 219 g/mol. The van der Waals surface area contributed by atoms with Crippen molar-refractivity contribution in [3.8, 4) is 0 Å². The van der Waals surface area contributed by atoms with Gasteiger partial charge in [-0.05, 0) is 28.8 Å². The van der Waals surface area contributed by atoms with Crippen LogP contribution >= 0.6 is 11.3 Å². The number of thiophene rings is 1. The van der Waals surface area contributed by atoms with Gasteiger partial charge in [0.05, 0.1) is 0 Å². The van der Waals surface area contributed by atoms with Gasteiger partial charge in [-0.15, -0.1) is 11.3 Å². The number of hydrogen-bond acceptors (Lipinski definition) is 2. The van der Waals surface area contributed by atoms with E-state index in [2.05, 4.69) is 35.0 Å². The van der Waals surface area contributed by atoms with Crippen molar-refractivity contribution in [1.29, 1.82) is 0 Å². The van der Waals surface area contributed by atoms with E-state index in [0.717, 1.165) is 13.0 Å². The molecule has 0 spiro atoms. The van der Waals surface area contributed by atoms with E-state index >= 15 is 0 Å². The Hall–Kier alpha value is -1.35. The molecule has 1 aromatic heterocycles. The Bertz CT molecular complexity index is 475. The predicted molar refractivity (Wildman–Crippen MR) is 64.2 cm³/mol. The molecule has 2 nitrogen and oxygen atoms in total. The molecule has 3 heteroatoms. The van der Waals surface area contributed by atoms with E-state index < -0.39 is 0 Å². The Morgan fingerprint density at radius 2 is 2.20 bits per heavy atom. The zero-order valence-corrected chi connectivity index (χ0v) is 9.43. The fraction of sp³-hybridized carbons (Fsp3) is 0.250. The molecular formula is C12H13NOS. The molecule has 0 aliphatic carbocycles. The molecule has 0 radical (unpaired) electrons. The number of fused-ring (bicyclic) bond motifs is 1. The van der Waals surface area contributed by atoms with Crippen molar-refractivity contribution in [2.24, 2.45) is 0 Å². The molecule has 0 unspecified atom stereocenters. The average Bonchev–Trinajstić information content (AvgIpc) is 2.62. The normalized spacial score (nSPS) is 10.5. The molecule has 1 amide bonds. The highest BCUT2D eigenvalue weighted by Gasteiger charge is 2.02. The highest BCUT2D eigenvalue weighted by atomic mass is 32.1. The summed E-state index contributed by atoms with van der Waals surface area (Å²) in [5.74, 6) is 0.0366. The van der Waals surface area contributed by atoms with Crippen LogP contribution < -0.4 is 5.32 Å². The lowest BCUT2D eigenvalue weighted by Crippen LogP contribution is -2.22. The van der Waals surface area contributed by atoms with Gasteiger partial charge < -0.3 is 5.32 Å². The van der Waals surface area contributed by atoms with E-state index in [9.17, 15) is 4.79 Å². The number of carbonyl (C=O) groups is 1. The Labute approximate surface area is 92.9 Å². The van der Waals surface area contributed by atoms with Gasteiger partial charge in [0.25, 0.3) is 0 Å². The fourth-order valence-corrected chi connectivity index (χ4v) is 2.60. The van der Waals surface area contributed by atoms with Crippen LogP contribution in [0.1, 0.15) is 12.5 Å². The maximum Gasteiger partial charge on any atom is 0.216 e. The number of hydrogen-bond donors (Lipinski definition) is 1. The summed E-state index contributed by atoms with van der Waals surface area (Å²) in [6.07, 6.45) is 0.906. The van der Waals surface area contributed by atoms with E-state index in [1.54, 1.807) is 18.3 Å².